The third-order valence-electron chi connectivity index (χ3n) is 3.39. The summed E-state index contributed by atoms with van der Waals surface area (Å²) in [6.45, 7) is -0.205. The van der Waals surface area contributed by atoms with Crippen LogP contribution in [0.15, 0.2) is 24.3 Å². The van der Waals surface area contributed by atoms with Crippen LogP contribution in [0.5, 0.6) is 5.75 Å². The van der Waals surface area contributed by atoms with Gasteiger partial charge in [-0.2, -0.15) is 0 Å². The van der Waals surface area contributed by atoms with Crippen molar-refractivity contribution < 1.29 is 18.3 Å². The normalized spacial score (nSPS) is 25.8. The molecule has 0 bridgehead atoms. The van der Waals surface area contributed by atoms with Gasteiger partial charge in [0.05, 0.1) is 30.8 Å². The van der Waals surface area contributed by atoms with Gasteiger partial charge in [0.1, 0.15) is 5.75 Å². The molecular formula is C13H19NO4S. The van der Waals surface area contributed by atoms with E-state index >= 15 is 0 Å². The van der Waals surface area contributed by atoms with Crippen LogP contribution >= 0.6 is 0 Å². The van der Waals surface area contributed by atoms with Crippen molar-refractivity contribution in [2.45, 2.75) is 18.4 Å². The van der Waals surface area contributed by atoms with Crippen LogP contribution in [0.25, 0.3) is 0 Å². The SMILES string of the molecule is COc1cccc(NC2(CO)CCCS(=O)(=O)C2)c1. The van der Waals surface area contributed by atoms with Crippen LogP contribution in [0, 0.1) is 0 Å². The molecule has 0 aliphatic carbocycles. The Morgan fingerprint density at radius 2 is 2.26 bits per heavy atom. The third-order valence-corrected chi connectivity index (χ3v) is 5.29. The number of aliphatic hydroxyl groups is 1. The van der Waals surface area contributed by atoms with Crippen molar-refractivity contribution >= 4 is 15.5 Å². The number of benzene rings is 1. The smallest absolute Gasteiger partial charge is 0.152 e. The number of hydrogen-bond donors (Lipinski definition) is 2. The maximum absolute atomic E-state index is 11.8. The highest BCUT2D eigenvalue weighted by Crippen LogP contribution is 2.28. The molecule has 1 fully saturated rings. The Morgan fingerprint density at radius 3 is 2.89 bits per heavy atom. The molecule has 6 heteroatoms. The number of ether oxygens (including phenoxy) is 1. The van der Waals surface area contributed by atoms with Crippen molar-refractivity contribution in [3.05, 3.63) is 24.3 Å². The maximum Gasteiger partial charge on any atom is 0.152 e. The third kappa shape index (κ3) is 3.39. The van der Waals surface area contributed by atoms with E-state index in [4.69, 9.17) is 4.74 Å². The summed E-state index contributed by atoms with van der Waals surface area (Å²) in [6.07, 6.45) is 1.21. The first-order chi connectivity index (χ1) is 8.99. The summed E-state index contributed by atoms with van der Waals surface area (Å²) in [5.41, 5.74) is -0.0332. The Labute approximate surface area is 113 Å². The highest BCUT2D eigenvalue weighted by molar-refractivity contribution is 7.91. The molecule has 2 N–H and O–H groups in total. The van der Waals surface area contributed by atoms with Gasteiger partial charge in [-0.3, -0.25) is 0 Å². The largest absolute Gasteiger partial charge is 0.497 e. The lowest BCUT2D eigenvalue weighted by atomic mass is 9.96. The molecule has 0 spiro atoms. The molecule has 0 radical (unpaired) electrons. The van der Waals surface area contributed by atoms with Crippen molar-refractivity contribution in [1.82, 2.24) is 0 Å². The van der Waals surface area contributed by atoms with Crippen molar-refractivity contribution in [1.29, 1.82) is 0 Å². The Kier molecular flexibility index (Phi) is 4.01. The minimum atomic E-state index is -3.09. The lowest BCUT2D eigenvalue weighted by Crippen LogP contribution is -2.51. The molecule has 19 heavy (non-hydrogen) atoms. The van der Waals surface area contributed by atoms with E-state index in [0.717, 1.165) is 5.69 Å². The molecule has 1 atom stereocenters. The zero-order chi connectivity index (χ0) is 13.9. The number of aliphatic hydroxyl groups excluding tert-OH is 1. The first kappa shape index (κ1) is 14.1. The Morgan fingerprint density at radius 1 is 1.47 bits per heavy atom. The molecule has 1 aromatic carbocycles. The second-order valence-electron chi connectivity index (χ2n) is 4.99. The molecule has 0 aromatic heterocycles. The molecule has 106 valence electrons. The molecule has 5 nitrogen and oxygen atoms in total. The molecule has 0 amide bonds. The first-order valence-electron chi connectivity index (χ1n) is 6.22. The van der Waals surface area contributed by atoms with Crippen LogP contribution in [0.2, 0.25) is 0 Å². The van der Waals surface area contributed by atoms with E-state index in [-0.39, 0.29) is 18.1 Å². The molecule has 1 saturated heterocycles. The van der Waals surface area contributed by atoms with Gasteiger partial charge in [0.2, 0.25) is 0 Å². The average molecular weight is 285 g/mol. The summed E-state index contributed by atoms with van der Waals surface area (Å²) >= 11 is 0. The second-order valence-corrected chi connectivity index (χ2v) is 7.18. The second kappa shape index (κ2) is 5.38. The average Bonchev–Trinajstić information content (AvgIpc) is 2.38. The summed E-state index contributed by atoms with van der Waals surface area (Å²) in [5.74, 6) is 0.860. The summed E-state index contributed by atoms with van der Waals surface area (Å²) in [5, 5.41) is 12.8. The van der Waals surface area contributed by atoms with Gasteiger partial charge in [-0.15, -0.1) is 0 Å². The first-order valence-corrected chi connectivity index (χ1v) is 8.04. The Balaban J connectivity index is 2.22. The minimum Gasteiger partial charge on any atom is -0.497 e. The molecule has 0 saturated carbocycles. The van der Waals surface area contributed by atoms with E-state index in [2.05, 4.69) is 5.32 Å². The summed E-state index contributed by atoms with van der Waals surface area (Å²) in [7, 11) is -1.52. The fraction of sp³-hybridized carbons (Fsp3) is 0.538. The van der Waals surface area contributed by atoms with Crippen molar-refractivity contribution in [3.8, 4) is 5.75 Å². The number of methoxy groups -OCH3 is 1. The van der Waals surface area contributed by atoms with Crippen LogP contribution in [0.3, 0.4) is 0 Å². The van der Waals surface area contributed by atoms with Gasteiger partial charge < -0.3 is 15.2 Å². The molecular weight excluding hydrogens is 266 g/mol. The van der Waals surface area contributed by atoms with Crippen molar-refractivity contribution in [2.75, 3.05) is 30.5 Å². The van der Waals surface area contributed by atoms with Gasteiger partial charge >= 0.3 is 0 Å². The maximum atomic E-state index is 11.8. The fourth-order valence-electron chi connectivity index (χ4n) is 2.47. The van der Waals surface area contributed by atoms with E-state index in [1.54, 1.807) is 13.2 Å². The number of hydrogen-bond acceptors (Lipinski definition) is 5. The number of nitrogens with one attached hydrogen (secondary N) is 1. The van der Waals surface area contributed by atoms with E-state index in [1.165, 1.54) is 0 Å². The van der Waals surface area contributed by atoms with Gasteiger partial charge in [-0.05, 0) is 25.0 Å². The van der Waals surface area contributed by atoms with Crippen LogP contribution in [-0.2, 0) is 9.84 Å². The predicted octanol–water partition coefficient (Wildman–Crippen LogP) is 1.05. The molecule has 1 unspecified atom stereocenters. The highest BCUT2D eigenvalue weighted by Gasteiger charge is 2.38. The van der Waals surface area contributed by atoms with E-state index < -0.39 is 15.4 Å². The van der Waals surface area contributed by atoms with Crippen LogP contribution in [-0.4, -0.2) is 44.3 Å². The van der Waals surface area contributed by atoms with Gasteiger partial charge in [0.25, 0.3) is 0 Å². The molecule has 1 aliphatic rings. The van der Waals surface area contributed by atoms with Crippen molar-refractivity contribution in [3.63, 3.8) is 0 Å². The standard InChI is InChI=1S/C13H19NO4S/c1-18-12-5-2-4-11(8-12)14-13(9-15)6-3-7-19(16,17)10-13/h2,4-5,8,14-15H,3,6-7,9-10H2,1H3. The van der Waals surface area contributed by atoms with E-state index in [9.17, 15) is 13.5 Å². The van der Waals surface area contributed by atoms with E-state index in [1.807, 2.05) is 18.2 Å². The monoisotopic (exact) mass is 285 g/mol. The van der Waals surface area contributed by atoms with Gasteiger partial charge in [0, 0.05) is 11.8 Å². The zero-order valence-corrected chi connectivity index (χ0v) is 11.7. The zero-order valence-electron chi connectivity index (χ0n) is 10.9. The minimum absolute atomic E-state index is 0.0340. The predicted molar refractivity (Wildman–Crippen MR) is 74.3 cm³/mol. The fourth-order valence-corrected chi connectivity index (χ4v) is 4.34. The topological polar surface area (TPSA) is 75.6 Å². The van der Waals surface area contributed by atoms with Gasteiger partial charge in [-0.1, -0.05) is 6.07 Å². The lowest BCUT2D eigenvalue weighted by molar-refractivity contribution is 0.212. The quantitative estimate of drug-likeness (QED) is 0.864. The summed E-state index contributed by atoms with van der Waals surface area (Å²) in [6, 6.07) is 7.26. The highest BCUT2D eigenvalue weighted by atomic mass is 32.2. The van der Waals surface area contributed by atoms with Crippen LogP contribution in [0.4, 0.5) is 5.69 Å². The van der Waals surface area contributed by atoms with Gasteiger partial charge in [-0.25, -0.2) is 8.42 Å². The van der Waals surface area contributed by atoms with Crippen LogP contribution in [0.1, 0.15) is 12.8 Å². The molecule has 1 aliphatic heterocycles. The molecule has 1 aromatic rings. The lowest BCUT2D eigenvalue weighted by Gasteiger charge is -2.37. The molecule has 2 rings (SSSR count). The number of sulfone groups is 1. The Bertz CT molecular complexity index is 543. The Hall–Kier alpha value is -1.27. The summed E-state index contributed by atoms with van der Waals surface area (Å²) < 4.78 is 28.7. The molecule has 1 heterocycles. The van der Waals surface area contributed by atoms with E-state index in [0.29, 0.717) is 18.6 Å². The summed E-state index contributed by atoms with van der Waals surface area (Å²) in [4.78, 5) is 0. The number of anilines is 1. The number of rotatable bonds is 4. The van der Waals surface area contributed by atoms with Crippen LogP contribution < -0.4 is 10.1 Å². The van der Waals surface area contributed by atoms with Gasteiger partial charge in [0.15, 0.2) is 9.84 Å². The van der Waals surface area contributed by atoms with Crippen molar-refractivity contribution in [2.24, 2.45) is 0 Å².